The monoisotopic (exact) mass is 341 g/mol. The van der Waals surface area contributed by atoms with Gasteiger partial charge in [-0.1, -0.05) is 39.7 Å². The van der Waals surface area contributed by atoms with Gasteiger partial charge < -0.3 is 5.73 Å². The highest BCUT2D eigenvalue weighted by atomic mass is 79.9. The van der Waals surface area contributed by atoms with E-state index in [9.17, 15) is 4.39 Å². The van der Waals surface area contributed by atoms with Crippen LogP contribution in [0, 0.1) is 5.82 Å². The molecule has 2 aromatic rings. The normalized spacial score (nSPS) is 14.2. The van der Waals surface area contributed by atoms with Crippen molar-refractivity contribution in [1.82, 2.24) is 0 Å². The fourth-order valence-corrected chi connectivity index (χ4v) is 2.47. The molecule has 0 heterocycles. The Labute approximate surface area is 125 Å². The van der Waals surface area contributed by atoms with E-state index in [2.05, 4.69) is 15.9 Å². The maximum Gasteiger partial charge on any atom is 0.126 e. The number of rotatable bonds is 3. The molecule has 2 aromatic carbocycles. The minimum atomic E-state index is -0.647. The summed E-state index contributed by atoms with van der Waals surface area (Å²) in [5, 5.41) is 0.517. The summed E-state index contributed by atoms with van der Waals surface area (Å²) in [7, 11) is 0. The predicted octanol–water partition coefficient (Wildman–Crippen LogP) is 4.66. The van der Waals surface area contributed by atoms with Gasteiger partial charge in [-0.15, -0.1) is 0 Å². The SMILES string of the molecule is CC(N)(Cc1cc(Cl)ccc1F)c1ccc(Br)cc1. The molecule has 19 heavy (non-hydrogen) atoms. The Kier molecular flexibility index (Phi) is 4.29. The van der Waals surface area contributed by atoms with Crippen molar-refractivity contribution >= 4 is 27.5 Å². The summed E-state index contributed by atoms with van der Waals surface area (Å²) in [5.41, 5.74) is 7.15. The van der Waals surface area contributed by atoms with Crippen molar-refractivity contribution in [3.63, 3.8) is 0 Å². The molecule has 2 N–H and O–H groups in total. The second-order valence-electron chi connectivity index (χ2n) is 4.84. The van der Waals surface area contributed by atoms with E-state index in [1.54, 1.807) is 6.07 Å². The number of hydrogen-bond donors (Lipinski definition) is 1. The van der Waals surface area contributed by atoms with Crippen LogP contribution in [0.3, 0.4) is 0 Å². The van der Waals surface area contributed by atoms with Gasteiger partial charge in [-0.25, -0.2) is 4.39 Å². The quantitative estimate of drug-likeness (QED) is 0.862. The van der Waals surface area contributed by atoms with Crippen molar-refractivity contribution in [2.45, 2.75) is 18.9 Å². The van der Waals surface area contributed by atoms with E-state index in [0.717, 1.165) is 10.0 Å². The van der Waals surface area contributed by atoms with Crippen molar-refractivity contribution in [2.75, 3.05) is 0 Å². The fraction of sp³-hybridized carbons (Fsp3) is 0.200. The molecule has 1 nitrogen and oxygen atoms in total. The van der Waals surface area contributed by atoms with Crippen molar-refractivity contribution in [1.29, 1.82) is 0 Å². The molecule has 0 aliphatic carbocycles. The Morgan fingerprint density at radius 1 is 1.21 bits per heavy atom. The number of nitrogens with two attached hydrogens (primary N) is 1. The summed E-state index contributed by atoms with van der Waals surface area (Å²) < 4.78 is 14.7. The molecule has 100 valence electrons. The van der Waals surface area contributed by atoms with E-state index < -0.39 is 5.54 Å². The summed E-state index contributed by atoms with van der Waals surface area (Å²) in [5.74, 6) is -0.279. The third-order valence-electron chi connectivity index (χ3n) is 3.07. The van der Waals surface area contributed by atoms with Crippen LogP contribution >= 0.6 is 27.5 Å². The van der Waals surface area contributed by atoms with Crippen LogP contribution < -0.4 is 5.73 Å². The molecule has 0 saturated carbocycles. The molecular weight excluding hydrogens is 329 g/mol. The van der Waals surface area contributed by atoms with Gasteiger partial charge in [0.15, 0.2) is 0 Å². The third kappa shape index (κ3) is 3.56. The Hall–Kier alpha value is -0.900. The Bertz CT molecular complexity index is 581. The predicted molar refractivity (Wildman–Crippen MR) is 80.8 cm³/mol. The zero-order chi connectivity index (χ0) is 14.0. The summed E-state index contributed by atoms with van der Waals surface area (Å²) in [4.78, 5) is 0. The number of halogens is 3. The molecule has 0 amide bonds. The van der Waals surface area contributed by atoms with E-state index in [1.165, 1.54) is 12.1 Å². The van der Waals surface area contributed by atoms with E-state index in [0.29, 0.717) is 17.0 Å². The van der Waals surface area contributed by atoms with E-state index in [1.807, 2.05) is 31.2 Å². The molecule has 0 bridgehead atoms. The largest absolute Gasteiger partial charge is 0.321 e. The van der Waals surface area contributed by atoms with Crippen LogP contribution in [0.25, 0.3) is 0 Å². The summed E-state index contributed by atoms with van der Waals surface area (Å²) in [6.07, 6.45) is 0.390. The van der Waals surface area contributed by atoms with Crippen molar-refractivity contribution in [3.8, 4) is 0 Å². The molecule has 0 aromatic heterocycles. The summed E-state index contributed by atoms with van der Waals surface area (Å²) in [6.45, 7) is 1.89. The van der Waals surface area contributed by atoms with Gasteiger partial charge in [0.1, 0.15) is 5.82 Å². The smallest absolute Gasteiger partial charge is 0.126 e. The number of hydrogen-bond acceptors (Lipinski definition) is 1. The first-order valence-corrected chi connectivity index (χ1v) is 7.04. The average Bonchev–Trinajstić information content (AvgIpc) is 2.34. The maximum atomic E-state index is 13.8. The van der Waals surface area contributed by atoms with Crippen LogP contribution in [0.4, 0.5) is 4.39 Å². The minimum absolute atomic E-state index is 0.279. The van der Waals surface area contributed by atoms with Crippen LogP contribution in [0.5, 0.6) is 0 Å². The highest BCUT2D eigenvalue weighted by Gasteiger charge is 2.23. The molecule has 1 atom stereocenters. The van der Waals surface area contributed by atoms with Crippen LogP contribution in [0.2, 0.25) is 5.02 Å². The number of benzene rings is 2. The molecule has 0 fully saturated rings. The molecule has 4 heteroatoms. The van der Waals surface area contributed by atoms with E-state index >= 15 is 0 Å². The molecule has 0 saturated heterocycles. The van der Waals surface area contributed by atoms with Gasteiger partial charge >= 0.3 is 0 Å². The first-order chi connectivity index (χ1) is 8.88. The van der Waals surface area contributed by atoms with Crippen LogP contribution in [0.1, 0.15) is 18.1 Å². The lowest BCUT2D eigenvalue weighted by Crippen LogP contribution is -2.35. The lowest BCUT2D eigenvalue weighted by molar-refractivity contribution is 0.475. The molecule has 2 rings (SSSR count). The molecule has 1 unspecified atom stereocenters. The van der Waals surface area contributed by atoms with Crippen molar-refractivity contribution < 1.29 is 4.39 Å². The van der Waals surface area contributed by atoms with Crippen molar-refractivity contribution in [2.24, 2.45) is 5.73 Å². The van der Waals surface area contributed by atoms with E-state index in [4.69, 9.17) is 17.3 Å². The molecule has 0 spiro atoms. The van der Waals surface area contributed by atoms with Gasteiger partial charge in [0.2, 0.25) is 0 Å². The highest BCUT2D eigenvalue weighted by Crippen LogP contribution is 2.26. The topological polar surface area (TPSA) is 26.0 Å². The zero-order valence-electron chi connectivity index (χ0n) is 10.5. The van der Waals surface area contributed by atoms with Gasteiger partial charge in [0, 0.05) is 15.0 Å². The van der Waals surface area contributed by atoms with Gasteiger partial charge in [-0.3, -0.25) is 0 Å². The fourth-order valence-electron chi connectivity index (χ4n) is 2.01. The van der Waals surface area contributed by atoms with Gasteiger partial charge in [-0.05, 0) is 54.8 Å². The van der Waals surface area contributed by atoms with Crippen LogP contribution in [0.15, 0.2) is 46.9 Å². The Balaban J connectivity index is 2.30. The molecule has 0 aliphatic heterocycles. The highest BCUT2D eigenvalue weighted by molar-refractivity contribution is 9.10. The summed E-state index contributed by atoms with van der Waals surface area (Å²) >= 11 is 9.28. The van der Waals surface area contributed by atoms with Gasteiger partial charge in [-0.2, -0.15) is 0 Å². The Morgan fingerprint density at radius 3 is 2.47 bits per heavy atom. The molecule has 0 aliphatic rings. The molecular formula is C15H14BrClFN. The van der Waals surface area contributed by atoms with Crippen molar-refractivity contribution in [3.05, 3.63) is 68.9 Å². The first kappa shape index (κ1) is 14.5. The first-order valence-electron chi connectivity index (χ1n) is 5.87. The second-order valence-corrected chi connectivity index (χ2v) is 6.19. The zero-order valence-corrected chi connectivity index (χ0v) is 12.8. The minimum Gasteiger partial charge on any atom is -0.321 e. The Morgan fingerprint density at radius 2 is 1.84 bits per heavy atom. The van der Waals surface area contributed by atoms with Crippen LogP contribution in [-0.2, 0) is 12.0 Å². The summed E-state index contributed by atoms with van der Waals surface area (Å²) in [6, 6.07) is 12.3. The third-order valence-corrected chi connectivity index (χ3v) is 3.83. The molecule has 0 radical (unpaired) electrons. The standard InChI is InChI=1S/C15H14BrClFN/c1-15(19,11-2-4-12(16)5-3-11)9-10-8-13(17)6-7-14(10)18/h2-8H,9,19H2,1H3. The maximum absolute atomic E-state index is 13.8. The van der Waals surface area contributed by atoms with E-state index in [-0.39, 0.29) is 5.82 Å². The average molecular weight is 343 g/mol. The second kappa shape index (κ2) is 5.61. The van der Waals surface area contributed by atoms with Gasteiger partial charge in [0.05, 0.1) is 0 Å². The lowest BCUT2D eigenvalue weighted by atomic mass is 9.86. The van der Waals surface area contributed by atoms with Crippen LogP contribution in [-0.4, -0.2) is 0 Å². The lowest BCUT2D eigenvalue weighted by Gasteiger charge is -2.26. The van der Waals surface area contributed by atoms with Gasteiger partial charge in [0.25, 0.3) is 0 Å².